The van der Waals surface area contributed by atoms with Crippen molar-refractivity contribution in [3.8, 4) is 0 Å². The lowest BCUT2D eigenvalue weighted by molar-refractivity contribution is 0.459. The summed E-state index contributed by atoms with van der Waals surface area (Å²) in [4.78, 5) is 0. The maximum absolute atomic E-state index is 3.75. The van der Waals surface area contributed by atoms with E-state index in [4.69, 9.17) is 0 Å². The molecule has 0 bridgehead atoms. The zero-order valence-electron chi connectivity index (χ0n) is 9.78. The molecular weight excluding hydrogens is 214 g/mol. The van der Waals surface area contributed by atoms with Crippen molar-refractivity contribution in [2.24, 2.45) is 0 Å². The van der Waals surface area contributed by atoms with Crippen molar-refractivity contribution in [3.05, 3.63) is 35.4 Å². The van der Waals surface area contributed by atoms with Gasteiger partial charge in [0.1, 0.15) is 0 Å². The molecule has 0 spiro atoms. The van der Waals surface area contributed by atoms with Crippen molar-refractivity contribution in [1.82, 2.24) is 5.32 Å². The summed E-state index contributed by atoms with van der Waals surface area (Å²) in [6.07, 6.45) is 2.62. The highest BCUT2D eigenvalue weighted by Crippen LogP contribution is 2.35. The van der Waals surface area contributed by atoms with Gasteiger partial charge in [0.25, 0.3) is 0 Å². The van der Waals surface area contributed by atoms with E-state index in [0.29, 0.717) is 0 Å². The molecule has 3 atom stereocenters. The zero-order chi connectivity index (χ0) is 11.0. The van der Waals surface area contributed by atoms with Crippen LogP contribution in [0.4, 0.5) is 0 Å². The van der Waals surface area contributed by atoms with Crippen molar-refractivity contribution in [2.45, 2.75) is 37.0 Å². The van der Waals surface area contributed by atoms with E-state index in [1.165, 1.54) is 25.1 Å². The number of thioether (sulfide) groups is 1. The molecule has 3 unspecified atom stereocenters. The summed E-state index contributed by atoms with van der Waals surface area (Å²) < 4.78 is 0. The smallest absolute Gasteiger partial charge is 0.0191 e. The topological polar surface area (TPSA) is 12.0 Å². The molecule has 2 aliphatic rings. The third kappa shape index (κ3) is 1.89. The highest BCUT2D eigenvalue weighted by Gasteiger charge is 2.28. The number of fused-ring (bicyclic) bond motifs is 1. The molecular formula is C14H19NS. The number of rotatable bonds is 3. The minimum absolute atomic E-state index is 0.748. The van der Waals surface area contributed by atoms with Gasteiger partial charge in [0.2, 0.25) is 0 Å². The molecule has 1 aliphatic heterocycles. The van der Waals surface area contributed by atoms with Crippen LogP contribution in [0.5, 0.6) is 0 Å². The molecule has 1 nitrogen and oxygen atoms in total. The number of nitrogens with one attached hydrogen (secondary N) is 1. The summed E-state index contributed by atoms with van der Waals surface area (Å²) in [6, 6.07) is 9.62. The number of hydrogen-bond donors (Lipinski definition) is 1. The van der Waals surface area contributed by atoms with E-state index in [2.05, 4.69) is 48.3 Å². The van der Waals surface area contributed by atoms with Gasteiger partial charge >= 0.3 is 0 Å². The van der Waals surface area contributed by atoms with E-state index in [1.54, 1.807) is 11.1 Å². The first-order valence-electron chi connectivity index (χ1n) is 6.27. The van der Waals surface area contributed by atoms with Gasteiger partial charge < -0.3 is 5.32 Å². The maximum Gasteiger partial charge on any atom is 0.0191 e. The van der Waals surface area contributed by atoms with Crippen molar-refractivity contribution >= 4 is 11.8 Å². The Morgan fingerprint density at radius 2 is 2.25 bits per heavy atom. The zero-order valence-corrected chi connectivity index (χ0v) is 10.6. The van der Waals surface area contributed by atoms with E-state index in [0.717, 1.165) is 17.2 Å². The third-order valence-electron chi connectivity index (χ3n) is 3.96. The van der Waals surface area contributed by atoms with Gasteiger partial charge in [-0.15, -0.1) is 0 Å². The Labute approximate surface area is 102 Å². The average Bonchev–Trinajstić information content (AvgIpc) is 2.66. The maximum atomic E-state index is 3.75. The molecule has 1 heterocycles. The molecule has 1 aromatic rings. The van der Waals surface area contributed by atoms with Crippen LogP contribution >= 0.6 is 11.8 Å². The lowest BCUT2D eigenvalue weighted by Crippen LogP contribution is -2.38. The second kappa shape index (κ2) is 4.42. The van der Waals surface area contributed by atoms with Gasteiger partial charge in [-0.1, -0.05) is 31.2 Å². The van der Waals surface area contributed by atoms with Gasteiger partial charge in [0.15, 0.2) is 0 Å². The summed E-state index contributed by atoms with van der Waals surface area (Å²) in [5.74, 6) is 2.11. The van der Waals surface area contributed by atoms with Crippen LogP contribution in [0, 0.1) is 0 Å². The second-order valence-electron chi connectivity index (χ2n) is 4.98. The Morgan fingerprint density at radius 3 is 3.00 bits per heavy atom. The summed E-state index contributed by atoms with van der Waals surface area (Å²) in [6.45, 7) is 3.52. The first kappa shape index (κ1) is 10.7. The second-order valence-corrected chi connectivity index (χ2v) is 6.46. The van der Waals surface area contributed by atoms with Crippen LogP contribution in [0.25, 0.3) is 0 Å². The standard InChI is InChI=1S/C14H19NS/c1-10-14(6-7-16-10)15-9-12-8-11-4-2-3-5-13(11)12/h2-5,10,12,14-15H,6-9H2,1H3. The lowest BCUT2D eigenvalue weighted by Gasteiger charge is -2.31. The van der Waals surface area contributed by atoms with Crippen LogP contribution < -0.4 is 5.32 Å². The van der Waals surface area contributed by atoms with Gasteiger partial charge in [-0.05, 0) is 29.7 Å². The monoisotopic (exact) mass is 233 g/mol. The predicted molar refractivity (Wildman–Crippen MR) is 71.2 cm³/mol. The molecule has 1 aromatic carbocycles. The van der Waals surface area contributed by atoms with Gasteiger partial charge in [0, 0.05) is 23.8 Å². The molecule has 0 aromatic heterocycles. The minimum atomic E-state index is 0.748. The van der Waals surface area contributed by atoms with Crippen LogP contribution in [0.2, 0.25) is 0 Å². The Balaban J connectivity index is 1.55. The van der Waals surface area contributed by atoms with E-state index in [-0.39, 0.29) is 0 Å². The number of hydrogen-bond acceptors (Lipinski definition) is 2. The Hall–Kier alpha value is -0.470. The molecule has 0 radical (unpaired) electrons. The lowest BCUT2D eigenvalue weighted by atomic mass is 9.77. The van der Waals surface area contributed by atoms with Crippen molar-refractivity contribution in [2.75, 3.05) is 12.3 Å². The first-order valence-corrected chi connectivity index (χ1v) is 7.32. The summed E-state index contributed by atoms with van der Waals surface area (Å²) >= 11 is 2.11. The van der Waals surface area contributed by atoms with Crippen LogP contribution in [0.15, 0.2) is 24.3 Å². The molecule has 1 fully saturated rings. The summed E-state index contributed by atoms with van der Waals surface area (Å²) in [5.41, 5.74) is 3.14. The summed E-state index contributed by atoms with van der Waals surface area (Å²) in [7, 11) is 0. The third-order valence-corrected chi connectivity index (χ3v) is 5.29. The van der Waals surface area contributed by atoms with E-state index >= 15 is 0 Å². The van der Waals surface area contributed by atoms with Crippen LogP contribution in [0.1, 0.15) is 30.4 Å². The van der Waals surface area contributed by atoms with Crippen molar-refractivity contribution in [1.29, 1.82) is 0 Å². The van der Waals surface area contributed by atoms with E-state index < -0.39 is 0 Å². The van der Waals surface area contributed by atoms with E-state index in [9.17, 15) is 0 Å². The van der Waals surface area contributed by atoms with Gasteiger partial charge in [-0.25, -0.2) is 0 Å². The molecule has 1 N–H and O–H groups in total. The van der Waals surface area contributed by atoms with Gasteiger partial charge in [-0.3, -0.25) is 0 Å². The molecule has 16 heavy (non-hydrogen) atoms. The highest BCUT2D eigenvalue weighted by atomic mass is 32.2. The molecule has 2 heteroatoms. The van der Waals surface area contributed by atoms with Gasteiger partial charge in [-0.2, -0.15) is 11.8 Å². The fraction of sp³-hybridized carbons (Fsp3) is 0.571. The van der Waals surface area contributed by atoms with Crippen molar-refractivity contribution in [3.63, 3.8) is 0 Å². The first-order chi connectivity index (χ1) is 7.84. The fourth-order valence-electron chi connectivity index (χ4n) is 2.84. The van der Waals surface area contributed by atoms with Crippen LogP contribution in [0.3, 0.4) is 0 Å². The SMILES string of the molecule is CC1SCCC1NCC1Cc2ccccc21. The molecule has 1 aliphatic carbocycles. The Bertz CT molecular complexity index is 377. The Kier molecular flexibility index (Phi) is 2.95. The fourth-order valence-corrected chi connectivity index (χ4v) is 4.06. The number of benzene rings is 1. The highest BCUT2D eigenvalue weighted by molar-refractivity contribution is 8.00. The minimum Gasteiger partial charge on any atom is -0.312 e. The summed E-state index contributed by atoms with van der Waals surface area (Å²) in [5, 5.41) is 4.55. The molecule has 86 valence electrons. The molecule has 0 saturated carbocycles. The van der Waals surface area contributed by atoms with Crippen LogP contribution in [-0.2, 0) is 6.42 Å². The predicted octanol–water partition coefficient (Wildman–Crippen LogP) is 2.81. The average molecular weight is 233 g/mol. The molecule has 1 saturated heterocycles. The van der Waals surface area contributed by atoms with Gasteiger partial charge in [0.05, 0.1) is 0 Å². The van der Waals surface area contributed by atoms with Crippen molar-refractivity contribution < 1.29 is 0 Å². The molecule has 3 rings (SSSR count). The largest absolute Gasteiger partial charge is 0.312 e. The quantitative estimate of drug-likeness (QED) is 0.861. The van der Waals surface area contributed by atoms with E-state index in [1.807, 2.05) is 0 Å². The van der Waals surface area contributed by atoms with Crippen LogP contribution in [-0.4, -0.2) is 23.6 Å². The Morgan fingerprint density at radius 1 is 1.38 bits per heavy atom. The molecule has 0 amide bonds. The normalized spacial score (nSPS) is 32.2.